The third kappa shape index (κ3) is 5.04. The molecule has 0 spiro atoms. The molecule has 2 unspecified atom stereocenters. The first-order chi connectivity index (χ1) is 5.76. The van der Waals surface area contributed by atoms with Gasteiger partial charge in [-0.05, 0) is 13.3 Å². The maximum absolute atomic E-state index is 8.71. The molecule has 0 rings (SSSR count). The van der Waals surface area contributed by atoms with Gasteiger partial charge < -0.3 is 9.84 Å². The highest BCUT2D eigenvalue weighted by Crippen LogP contribution is 2.09. The predicted molar refractivity (Wildman–Crippen MR) is 54.1 cm³/mol. The number of hydrogen-bond acceptors (Lipinski definition) is 3. The van der Waals surface area contributed by atoms with E-state index in [1.54, 1.807) is 0 Å². The lowest BCUT2D eigenvalue weighted by Crippen LogP contribution is -2.32. The molecule has 0 aliphatic carbocycles. The van der Waals surface area contributed by atoms with Crippen LogP contribution in [0.1, 0.15) is 20.3 Å². The zero-order valence-electron chi connectivity index (χ0n) is 7.99. The van der Waals surface area contributed by atoms with E-state index in [4.69, 9.17) is 9.84 Å². The lowest BCUT2D eigenvalue weighted by Gasteiger charge is -2.25. The minimum Gasteiger partial charge on any atom is -0.395 e. The highest BCUT2D eigenvalue weighted by Gasteiger charge is 2.11. The van der Waals surface area contributed by atoms with Crippen LogP contribution in [-0.4, -0.2) is 42.2 Å². The van der Waals surface area contributed by atoms with Gasteiger partial charge in [0.05, 0.1) is 13.2 Å². The molecule has 0 saturated carbocycles. The van der Waals surface area contributed by atoms with Crippen molar-refractivity contribution >= 4 is 9.39 Å². The average Bonchev–Trinajstić information content (AvgIpc) is 2.06. The summed E-state index contributed by atoms with van der Waals surface area (Å²) in [6.45, 7) is 6.51. The first-order valence-corrected chi connectivity index (χ1v) is 4.97. The molecule has 0 fully saturated rings. The van der Waals surface area contributed by atoms with E-state index in [0.29, 0.717) is 12.6 Å². The van der Waals surface area contributed by atoms with E-state index < -0.39 is 0 Å². The van der Waals surface area contributed by atoms with Crippen LogP contribution in [0.15, 0.2) is 0 Å². The molecule has 4 heteroatoms. The SMILES string of the molecule is CCOCC(CC)N(P)CCO. The zero-order chi connectivity index (χ0) is 9.40. The van der Waals surface area contributed by atoms with Crippen molar-refractivity contribution in [2.75, 3.05) is 26.4 Å². The maximum Gasteiger partial charge on any atom is 0.0624 e. The first kappa shape index (κ1) is 12.3. The molecule has 0 aromatic rings. The Balaban J connectivity index is 3.62. The van der Waals surface area contributed by atoms with Gasteiger partial charge in [-0.1, -0.05) is 16.3 Å². The Bertz CT molecular complexity index is 103. The molecule has 12 heavy (non-hydrogen) atoms. The number of aliphatic hydroxyl groups is 1. The highest BCUT2D eigenvalue weighted by molar-refractivity contribution is 7.13. The molecule has 0 radical (unpaired) electrons. The fourth-order valence-electron chi connectivity index (χ4n) is 1.00. The lowest BCUT2D eigenvalue weighted by atomic mass is 10.2. The Morgan fingerprint density at radius 2 is 2.17 bits per heavy atom. The summed E-state index contributed by atoms with van der Waals surface area (Å²) in [6, 6.07) is 0.405. The van der Waals surface area contributed by atoms with Gasteiger partial charge in [0.2, 0.25) is 0 Å². The van der Waals surface area contributed by atoms with Gasteiger partial charge in [0.15, 0.2) is 0 Å². The number of rotatable bonds is 7. The summed E-state index contributed by atoms with van der Waals surface area (Å²) in [6.07, 6.45) is 1.05. The zero-order valence-corrected chi connectivity index (χ0v) is 9.15. The Kier molecular flexibility index (Phi) is 8.14. The van der Waals surface area contributed by atoms with Crippen LogP contribution in [-0.2, 0) is 4.74 Å². The molecule has 1 N–H and O–H groups in total. The Morgan fingerprint density at radius 1 is 1.50 bits per heavy atom. The van der Waals surface area contributed by atoms with E-state index in [-0.39, 0.29) is 6.61 Å². The maximum atomic E-state index is 8.71. The van der Waals surface area contributed by atoms with Crippen LogP contribution >= 0.6 is 9.39 Å². The van der Waals surface area contributed by atoms with Crippen LogP contribution in [0, 0.1) is 0 Å². The van der Waals surface area contributed by atoms with Gasteiger partial charge in [-0.2, -0.15) is 0 Å². The molecule has 0 bridgehead atoms. The van der Waals surface area contributed by atoms with Gasteiger partial charge in [0.1, 0.15) is 0 Å². The fraction of sp³-hybridized carbons (Fsp3) is 1.00. The van der Waals surface area contributed by atoms with Gasteiger partial charge in [-0.15, -0.1) is 0 Å². The largest absolute Gasteiger partial charge is 0.395 e. The van der Waals surface area contributed by atoms with Crippen molar-refractivity contribution in [2.24, 2.45) is 0 Å². The second kappa shape index (κ2) is 7.93. The van der Waals surface area contributed by atoms with Crippen LogP contribution in [0.3, 0.4) is 0 Å². The van der Waals surface area contributed by atoms with Gasteiger partial charge in [-0.25, -0.2) is 0 Å². The molecular formula is C8H20NO2P. The van der Waals surface area contributed by atoms with Crippen molar-refractivity contribution in [2.45, 2.75) is 26.3 Å². The topological polar surface area (TPSA) is 32.7 Å². The molecule has 0 aromatic carbocycles. The third-order valence-corrected chi connectivity index (χ3v) is 2.49. The van der Waals surface area contributed by atoms with Crippen molar-refractivity contribution in [3.63, 3.8) is 0 Å². The average molecular weight is 193 g/mol. The molecule has 3 nitrogen and oxygen atoms in total. The van der Waals surface area contributed by atoms with Gasteiger partial charge >= 0.3 is 0 Å². The summed E-state index contributed by atoms with van der Waals surface area (Å²) in [4.78, 5) is 0. The third-order valence-electron chi connectivity index (χ3n) is 1.81. The number of nitrogens with zero attached hydrogens (tertiary/aromatic N) is 1. The standard InChI is InChI=1S/C8H20NO2P/c1-3-8(7-11-4-2)9(12)5-6-10/h8,10H,3-7,12H2,1-2H3. The molecule has 2 atom stereocenters. The van der Waals surface area contributed by atoms with E-state index in [0.717, 1.165) is 19.6 Å². The fourth-order valence-corrected chi connectivity index (χ4v) is 1.41. The van der Waals surface area contributed by atoms with Gasteiger partial charge in [0, 0.05) is 19.2 Å². The number of hydrogen-bond donors (Lipinski definition) is 1. The quantitative estimate of drug-likeness (QED) is 0.609. The summed E-state index contributed by atoms with van der Waals surface area (Å²) in [7, 11) is 2.63. The van der Waals surface area contributed by atoms with Crippen molar-refractivity contribution in [1.29, 1.82) is 0 Å². The van der Waals surface area contributed by atoms with Crippen LogP contribution in [0.2, 0.25) is 0 Å². The molecule has 0 aliphatic heterocycles. The van der Waals surface area contributed by atoms with Crippen LogP contribution in [0.25, 0.3) is 0 Å². The molecule has 0 aliphatic rings. The van der Waals surface area contributed by atoms with E-state index >= 15 is 0 Å². The van der Waals surface area contributed by atoms with E-state index in [1.165, 1.54) is 0 Å². The minimum absolute atomic E-state index is 0.201. The van der Waals surface area contributed by atoms with Crippen molar-refractivity contribution < 1.29 is 9.84 Å². The van der Waals surface area contributed by atoms with Crippen LogP contribution in [0.5, 0.6) is 0 Å². The Morgan fingerprint density at radius 3 is 2.58 bits per heavy atom. The second-order valence-corrected chi connectivity index (χ2v) is 3.35. The normalized spacial score (nSPS) is 13.8. The van der Waals surface area contributed by atoms with E-state index in [2.05, 4.69) is 21.0 Å². The highest BCUT2D eigenvalue weighted by atomic mass is 31.0. The molecule has 0 amide bonds. The van der Waals surface area contributed by atoms with Crippen molar-refractivity contribution in [3.05, 3.63) is 0 Å². The van der Waals surface area contributed by atoms with Crippen LogP contribution < -0.4 is 0 Å². The first-order valence-electron chi connectivity index (χ1n) is 4.46. The van der Waals surface area contributed by atoms with Crippen molar-refractivity contribution in [3.8, 4) is 0 Å². The van der Waals surface area contributed by atoms with Crippen molar-refractivity contribution in [1.82, 2.24) is 4.67 Å². The Labute approximate surface area is 77.3 Å². The van der Waals surface area contributed by atoms with Crippen LogP contribution in [0.4, 0.5) is 0 Å². The summed E-state index contributed by atoms with van der Waals surface area (Å²) in [5, 5.41) is 8.71. The van der Waals surface area contributed by atoms with E-state index in [9.17, 15) is 0 Å². The van der Waals surface area contributed by atoms with E-state index in [1.807, 2.05) is 6.92 Å². The predicted octanol–water partition coefficient (Wildman–Crippen LogP) is 0.886. The monoisotopic (exact) mass is 193 g/mol. The molecule has 0 aromatic heterocycles. The Hall–Kier alpha value is 0.310. The van der Waals surface area contributed by atoms with Gasteiger partial charge in [-0.3, -0.25) is 4.67 Å². The number of aliphatic hydroxyl groups excluding tert-OH is 1. The smallest absolute Gasteiger partial charge is 0.0624 e. The summed E-state index contributed by atoms with van der Waals surface area (Å²) < 4.78 is 7.37. The molecule has 0 heterocycles. The molecule has 74 valence electrons. The van der Waals surface area contributed by atoms with Gasteiger partial charge in [0.25, 0.3) is 0 Å². The summed E-state index contributed by atoms with van der Waals surface area (Å²) >= 11 is 0. The molecular weight excluding hydrogens is 173 g/mol. The summed E-state index contributed by atoms with van der Waals surface area (Å²) in [5.74, 6) is 0. The number of ether oxygens (including phenoxy) is 1. The molecule has 0 saturated heterocycles. The summed E-state index contributed by atoms with van der Waals surface area (Å²) in [5.41, 5.74) is 0. The second-order valence-electron chi connectivity index (χ2n) is 2.68. The minimum atomic E-state index is 0.201. The lowest BCUT2D eigenvalue weighted by molar-refractivity contribution is 0.0936.